The topological polar surface area (TPSA) is 78.3 Å². The Labute approximate surface area is 197 Å². The molecule has 1 aromatic heterocycles. The molecule has 5 rings (SSSR count). The van der Waals surface area contributed by atoms with E-state index in [1.807, 2.05) is 30.3 Å². The second-order valence-electron chi connectivity index (χ2n) is 7.30. The van der Waals surface area contributed by atoms with Crippen LogP contribution in [0.3, 0.4) is 0 Å². The number of carbonyl (C=O) groups is 1. The molecule has 0 spiro atoms. The van der Waals surface area contributed by atoms with Crippen molar-refractivity contribution in [3.05, 3.63) is 78.4 Å². The molecule has 0 fully saturated rings. The van der Waals surface area contributed by atoms with Crippen LogP contribution in [0.25, 0.3) is 17.1 Å². The molecule has 0 unspecified atom stereocenters. The van der Waals surface area contributed by atoms with Crippen LogP contribution in [0.1, 0.15) is 0 Å². The number of rotatable bonds is 6. The number of hydrogen-bond acceptors (Lipinski definition) is 6. The molecule has 7 nitrogen and oxygen atoms in total. The van der Waals surface area contributed by atoms with Crippen LogP contribution >= 0.6 is 11.8 Å². The molecule has 0 aliphatic carbocycles. The fraction of sp³-hybridized carbons (Fsp3) is 0.125. The van der Waals surface area contributed by atoms with Gasteiger partial charge in [0.15, 0.2) is 22.5 Å². The summed E-state index contributed by atoms with van der Waals surface area (Å²) in [6.07, 6.45) is 0. The Morgan fingerprint density at radius 2 is 1.76 bits per heavy atom. The molecular formula is C24H18F2N4O3S. The maximum absolute atomic E-state index is 14.7. The smallest absolute Gasteiger partial charge is 0.234 e. The quantitative estimate of drug-likeness (QED) is 0.403. The number of halogens is 2. The van der Waals surface area contributed by atoms with E-state index in [2.05, 4.69) is 15.5 Å². The molecule has 34 heavy (non-hydrogen) atoms. The van der Waals surface area contributed by atoms with Gasteiger partial charge in [-0.05, 0) is 24.3 Å². The molecule has 0 saturated carbocycles. The van der Waals surface area contributed by atoms with Gasteiger partial charge in [-0.15, -0.1) is 10.2 Å². The lowest BCUT2D eigenvalue weighted by Crippen LogP contribution is -2.17. The van der Waals surface area contributed by atoms with Crippen molar-refractivity contribution in [3.63, 3.8) is 0 Å². The van der Waals surface area contributed by atoms with E-state index in [9.17, 15) is 13.6 Å². The van der Waals surface area contributed by atoms with Gasteiger partial charge in [-0.25, -0.2) is 8.78 Å². The Hall–Kier alpha value is -3.92. The van der Waals surface area contributed by atoms with Crippen molar-refractivity contribution in [2.24, 2.45) is 0 Å². The third-order valence-corrected chi connectivity index (χ3v) is 5.90. The molecule has 0 saturated heterocycles. The molecule has 1 N–H and O–H groups in total. The van der Waals surface area contributed by atoms with Gasteiger partial charge in [-0.2, -0.15) is 0 Å². The minimum absolute atomic E-state index is 0.00974. The van der Waals surface area contributed by atoms with E-state index >= 15 is 0 Å². The van der Waals surface area contributed by atoms with Crippen molar-refractivity contribution in [2.75, 3.05) is 24.3 Å². The molecule has 172 valence electrons. The van der Waals surface area contributed by atoms with Crippen LogP contribution in [0.15, 0.2) is 71.9 Å². The normalized spacial score (nSPS) is 12.4. The van der Waals surface area contributed by atoms with Crippen LogP contribution in [0.2, 0.25) is 0 Å². The molecular weight excluding hydrogens is 462 g/mol. The summed E-state index contributed by atoms with van der Waals surface area (Å²) in [6.45, 7) is 0.926. The Kier molecular flexibility index (Phi) is 6.13. The number of amides is 1. The maximum atomic E-state index is 14.7. The molecule has 1 amide bonds. The lowest BCUT2D eigenvalue weighted by Gasteiger charge is -2.19. The average molecular weight is 480 g/mol. The fourth-order valence-corrected chi connectivity index (χ4v) is 4.21. The van der Waals surface area contributed by atoms with Crippen LogP contribution in [-0.4, -0.2) is 39.6 Å². The molecule has 10 heteroatoms. The average Bonchev–Trinajstić information content (AvgIpc) is 3.27. The number of nitrogens with one attached hydrogen (secondary N) is 1. The van der Waals surface area contributed by atoms with Gasteiger partial charge in [0.25, 0.3) is 0 Å². The van der Waals surface area contributed by atoms with E-state index in [1.165, 1.54) is 10.6 Å². The molecule has 1 aliphatic rings. The van der Waals surface area contributed by atoms with E-state index in [-0.39, 0.29) is 17.3 Å². The van der Waals surface area contributed by atoms with E-state index in [4.69, 9.17) is 9.47 Å². The number of fused-ring (bicyclic) bond motifs is 1. The van der Waals surface area contributed by atoms with Crippen LogP contribution < -0.4 is 14.8 Å². The number of ether oxygens (including phenoxy) is 2. The minimum atomic E-state index is -0.764. The summed E-state index contributed by atoms with van der Waals surface area (Å²) >= 11 is 1.09. The largest absolute Gasteiger partial charge is 0.486 e. The number of benzene rings is 3. The third kappa shape index (κ3) is 4.58. The summed E-state index contributed by atoms with van der Waals surface area (Å²) in [6, 6.07) is 17.5. The second kappa shape index (κ2) is 9.52. The summed E-state index contributed by atoms with van der Waals surface area (Å²) in [4.78, 5) is 12.6. The van der Waals surface area contributed by atoms with E-state index in [1.54, 1.807) is 18.2 Å². The summed E-state index contributed by atoms with van der Waals surface area (Å²) in [5.41, 5.74) is 1.34. The van der Waals surface area contributed by atoms with Crippen LogP contribution in [0, 0.1) is 11.6 Å². The highest BCUT2D eigenvalue weighted by molar-refractivity contribution is 7.99. The zero-order valence-electron chi connectivity index (χ0n) is 17.7. The maximum Gasteiger partial charge on any atom is 0.234 e. The molecule has 3 aromatic carbocycles. The van der Waals surface area contributed by atoms with Crippen LogP contribution in [0.5, 0.6) is 11.5 Å². The van der Waals surface area contributed by atoms with Crippen LogP contribution in [-0.2, 0) is 4.79 Å². The Balaban J connectivity index is 1.38. The zero-order valence-corrected chi connectivity index (χ0v) is 18.5. The van der Waals surface area contributed by atoms with Crippen molar-refractivity contribution >= 4 is 23.4 Å². The van der Waals surface area contributed by atoms with Crippen molar-refractivity contribution in [1.29, 1.82) is 0 Å². The van der Waals surface area contributed by atoms with Gasteiger partial charge in [0.1, 0.15) is 24.8 Å². The lowest BCUT2D eigenvalue weighted by atomic mass is 10.2. The first kappa shape index (κ1) is 21.9. The summed E-state index contributed by atoms with van der Waals surface area (Å²) in [7, 11) is 0. The zero-order chi connectivity index (χ0) is 23.5. The second-order valence-corrected chi connectivity index (χ2v) is 8.24. The molecule has 1 aliphatic heterocycles. The number of nitrogens with zero attached hydrogens (tertiary/aromatic N) is 3. The summed E-state index contributed by atoms with van der Waals surface area (Å²) in [5.74, 6) is -0.192. The summed E-state index contributed by atoms with van der Waals surface area (Å²) in [5, 5.41) is 11.5. The van der Waals surface area contributed by atoms with Gasteiger partial charge < -0.3 is 14.8 Å². The highest BCUT2D eigenvalue weighted by Gasteiger charge is 2.20. The molecule has 4 aromatic rings. The number of aromatic nitrogens is 3. The minimum Gasteiger partial charge on any atom is -0.486 e. The van der Waals surface area contributed by atoms with Crippen LogP contribution in [0.4, 0.5) is 14.5 Å². The number of anilines is 1. The highest BCUT2D eigenvalue weighted by atomic mass is 32.2. The fourth-order valence-electron chi connectivity index (χ4n) is 3.47. The molecule has 0 radical (unpaired) electrons. The molecule has 2 heterocycles. The van der Waals surface area contributed by atoms with E-state index in [0.29, 0.717) is 46.9 Å². The van der Waals surface area contributed by atoms with Crippen molar-refractivity contribution in [3.8, 4) is 28.6 Å². The Bertz CT molecular complexity index is 1350. The first-order valence-corrected chi connectivity index (χ1v) is 11.4. The summed E-state index contributed by atoms with van der Waals surface area (Å²) < 4.78 is 40.7. The Morgan fingerprint density at radius 1 is 0.971 bits per heavy atom. The van der Waals surface area contributed by atoms with Gasteiger partial charge in [0, 0.05) is 23.4 Å². The first-order chi connectivity index (χ1) is 16.6. The van der Waals surface area contributed by atoms with E-state index < -0.39 is 11.6 Å². The van der Waals surface area contributed by atoms with Gasteiger partial charge in [-0.1, -0.05) is 42.1 Å². The number of carbonyl (C=O) groups excluding carboxylic acids is 1. The predicted molar refractivity (Wildman–Crippen MR) is 123 cm³/mol. The van der Waals surface area contributed by atoms with Gasteiger partial charge >= 0.3 is 0 Å². The first-order valence-electron chi connectivity index (χ1n) is 10.4. The van der Waals surface area contributed by atoms with E-state index in [0.717, 1.165) is 23.9 Å². The van der Waals surface area contributed by atoms with Crippen molar-refractivity contribution in [2.45, 2.75) is 5.16 Å². The Morgan fingerprint density at radius 3 is 2.56 bits per heavy atom. The third-order valence-electron chi connectivity index (χ3n) is 4.97. The van der Waals surface area contributed by atoms with Gasteiger partial charge in [0.2, 0.25) is 5.91 Å². The number of thioether (sulfide) groups is 1. The predicted octanol–water partition coefficient (Wildman–Crippen LogP) is 4.71. The molecule has 0 atom stereocenters. The lowest BCUT2D eigenvalue weighted by molar-refractivity contribution is -0.113. The van der Waals surface area contributed by atoms with Crippen molar-refractivity contribution in [1.82, 2.24) is 14.8 Å². The van der Waals surface area contributed by atoms with Gasteiger partial charge in [-0.3, -0.25) is 9.36 Å². The van der Waals surface area contributed by atoms with Gasteiger partial charge in [0.05, 0.1) is 11.4 Å². The SMILES string of the molecule is O=C(CSc1nnc(-c2ccccc2)n1-c1ccc(F)cc1F)Nc1ccc2c(c1)OCCO2. The van der Waals surface area contributed by atoms with Crippen molar-refractivity contribution < 1.29 is 23.0 Å². The monoisotopic (exact) mass is 480 g/mol. The standard InChI is InChI=1S/C24H18F2N4O3S/c25-16-6-8-19(18(26)12-16)30-23(15-4-2-1-3-5-15)28-29-24(30)34-14-22(31)27-17-7-9-20-21(13-17)33-11-10-32-20/h1-9,12-13H,10-11,14H2,(H,27,31). The molecule has 0 bridgehead atoms. The number of hydrogen-bond donors (Lipinski definition) is 1. The highest BCUT2D eigenvalue weighted by Crippen LogP contribution is 2.33.